The van der Waals surface area contributed by atoms with Crippen LogP contribution in [0.25, 0.3) is 0 Å². The van der Waals surface area contributed by atoms with Crippen LogP contribution in [0, 0.1) is 0 Å². The van der Waals surface area contributed by atoms with E-state index in [2.05, 4.69) is 24.4 Å². The molecule has 2 nitrogen and oxygen atoms in total. The molecule has 1 N–H and O–H groups in total. The number of likely N-dealkylation sites (N-methyl/N-ethyl adjacent to an activating group) is 1. The number of hydrogen-bond donors (Lipinski definition) is 1. The molecule has 1 aliphatic rings. The van der Waals surface area contributed by atoms with E-state index >= 15 is 0 Å². The molecule has 0 saturated heterocycles. The largest absolute Gasteiger partial charge is 0.489 e. The summed E-state index contributed by atoms with van der Waals surface area (Å²) in [5, 5.41) is 3.27. The lowest BCUT2D eigenvalue weighted by molar-refractivity contribution is 0.154. The van der Waals surface area contributed by atoms with Crippen molar-refractivity contribution in [1.29, 1.82) is 0 Å². The maximum absolute atomic E-state index is 5.77. The Bertz CT molecular complexity index is 303. The summed E-state index contributed by atoms with van der Waals surface area (Å²) >= 11 is 0. The fourth-order valence-electron chi connectivity index (χ4n) is 1.81. The molecule has 0 spiro atoms. The molecule has 1 aliphatic heterocycles. The first-order valence-corrected chi connectivity index (χ1v) is 4.73. The van der Waals surface area contributed by atoms with Crippen LogP contribution < -0.4 is 10.1 Å². The van der Waals surface area contributed by atoms with E-state index in [9.17, 15) is 0 Å². The number of ether oxygens (including phenoxy) is 1. The highest BCUT2D eigenvalue weighted by Gasteiger charge is 2.24. The Morgan fingerprint density at radius 1 is 1.36 bits per heavy atom. The van der Waals surface area contributed by atoms with Gasteiger partial charge in [0.1, 0.15) is 11.9 Å². The average molecular weight is 214 g/mol. The maximum atomic E-state index is 5.77. The van der Waals surface area contributed by atoms with Crippen LogP contribution >= 0.6 is 12.4 Å². The number of para-hydroxylation sites is 1. The Hall–Kier alpha value is -0.730. The van der Waals surface area contributed by atoms with Gasteiger partial charge in [0.05, 0.1) is 0 Å². The van der Waals surface area contributed by atoms with Gasteiger partial charge < -0.3 is 10.1 Å². The molecule has 0 aliphatic carbocycles. The lowest BCUT2D eigenvalue weighted by Crippen LogP contribution is -2.43. The normalized spacial score (nSPS) is 24.4. The molecule has 2 unspecified atom stereocenters. The van der Waals surface area contributed by atoms with E-state index in [0.717, 1.165) is 12.2 Å². The van der Waals surface area contributed by atoms with Crippen molar-refractivity contribution in [3.8, 4) is 5.75 Å². The number of benzene rings is 1. The molecule has 0 bridgehead atoms. The van der Waals surface area contributed by atoms with E-state index in [1.54, 1.807) is 0 Å². The Morgan fingerprint density at radius 3 is 2.79 bits per heavy atom. The summed E-state index contributed by atoms with van der Waals surface area (Å²) in [5.74, 6) is 1.04. The predicted octanol–water partition coefficient (Wildman–Crippen LogP) is 2.02. The topological polar surface area (TPSA) is 21.3 Å². The number of hydrogen-bond acceptors (Lipinski definition) is 2. The molecule has 0 radical (unpaired) electrons. The van der Waals surface area contributed by atoms with E-state index in [1.807, 2.05) is 19.2 Å². The second-order valence-corrected chi connectivity index (χ2v) is 3.53. The lowest BCUT2D eigenvalue weighted by Gasteiger charge is -2.31. The van der Waals surface area contributed by atoms with Crippen molar-refractivity contribution in [2.75, 3.05) is 7.05 Å². The summed E-state index contributed by atoms with van der Waals surface area (Å²) in [6.45, 7) is 2.11. The maximum Gasteiger partial charge on any atom is 0.123 e. The number of halogens is 1. The molecule has 1 heterocycles. The van der Waals surface area contributed by atoms with Crippen molar-refractivity contribution < 1.29 is 4.74 Å². The fourth-order valence-corrected chi connectivity index (χ4v) is 1.81. The SMILES string of the molecule is CNC1Cc2ccccc2OC1C.Cl. The highest BCUT2D eigenvalue weighted by Crippen LogP contribution is 2.26. The number of nitrogens with one attached hydrogen (secondary N) is 1. The minimum atomic E-state index is 0. The van der Waals surface area contributed by atoms with E-state index in [-0.39, 0.29) is 18.5 Å². The van der Waals surface area contributed by atoms with Gasteiger partial charge in [-0.1, -0.05) is 18.2 Å². The summed E-state index contributed by atoms with van der Waals surface area (Å²) < 4.78 is 5.77. The van der Waals surface area contributed by atoms with Gasteiger partial charge in [0.15, 0.2) is 0 Å². The summed E-state index contributed by atoms with van der Waals surface area (Å²) in [5.41, 5.74) is 1.31. The molecule has 0 aromatic heterocycles. The van der Waals surface area contributed by atoms with Crippen molar-refractivity contribution in [2.24, 2.45) is 0 Å². The minimum Gasteiger partial charge on any atom is -0.489 e. The first-order chi connectivity index (χ1) is 6.31. The first-order valence-electron chi connectivity index (χ1n) is 4.73. The standard InChI is InChI=1S/C11H15NO.ClH/c1-8-10(12-2)7-9-5-3-4-6-11(9)13-8;/h3-6,8,10,12H,7H2,1-2H3;1H. The zero-order chi connectivity index (χ0) is 9.26. The van der Waals surface area contributed by atoms with Crippen LogP contribution in [0.5, 0.6) is 5.75 Å². The Balaban J connectivity index is 0.000000980. The second kappa shape index (κ2) is 4.67. The third-order valence-corrected chi connectivity index (χ3v) is 2.66. The van der Waals surface area contributed by atoms with E-state index < -0.39 is 0 Å². The molecule has 2 rings (SSSR count). The van der Waals surface area contributed by atoms with Crippen molar-refractivity contribution >= 4 is 12.4 Å². The highest BCUT2D eigenvalue weighted by molar-refractivity contribution is 5.85. The lowest BCUT2D eigenvalue weighted by atomic mass is 9.98. The molecular weight excluding hydrogens is 198 g/mol. The molecule has 1 aromatic rings. The van der Waals surface area contributed by atoms with Gasteiger partial charge in [-0.25, -0.2) is 0 Å². The molecule has 2 atom stereocenters. The molecule has 14 heavy (non-hydrogen) atoms. The van der Waals surface area contributed by atoms with Crippen molar-refractivity contribution in [3.05, 3.63) is 29.8 Å². The van der Waals surface area contributed by atoms with Crippen LogP contribution in [-0.4, -0.2) is 19.2 Å². The van der Waals surface area contributed by atoms with Gasteiger partial charge in [-0.3, -0.25) is 0 Å². The van der Waals surface area contributed by atoms with E-state index in [0.29, 0.717) is 6.04 Å². The van der Waals surface area contributed by atoms with E-state index in [4.69, 9.17) is 4.74 Å². The van der Waals surface area contributed by atoms with E-state index in [1.165, 1.54) is 5.56 Å². The monoisotopic (exact) mass is 213 g/mol. The minimum absolute atomic E-state index is 0. The summed E-state index contributed by atoms with van der Waals surface area (Å²) in [6.07, 6.45) is 1.33. The molecule has 3 heteroatoms. The smallest absolute Gasteiger partial charge is 0.123 e. The zero-order valence-corrected chi connectivity index (χ0v) is 9.30. The highest BCUT2D eigenvalue weighted by atomic mass is 35.5. The van der Waals surface area contributed by atoms with Crippen LogP contribution in [0.1, 0.15) is 12.5 Å². The van der Waals surface area contributed by atoms with Crippen LogP contribution in [-0.2, 0) is 6.42 Å². The van der Waals surface area contributed by atoms with Crippen LogP contribution in [0.15, 0.2) is 24.3 Å². The van der Waals surface area contributed by atoms with Crippen molar-refractivity contribution in [3.63, 3.8) is 0 Å². The average Bonchev–Trinajstić information content (AvgIpc) is 2.17. The van der Waals surface area contributed by atoms with Gasteiger partial charge >= 0.3 is 0 Å². The Morgan fingerprint density at radius 2 is 2.07 bits per heavy atom. The van der Waals surface area contributed by atoms with Gasteiger partial charge in [0.25, 0.3) is 0 Å². The fraction of sp³-hybridized carbons (Fsp3) is 0.455. The third-order valence-electron chi connectivity index (χ3n) is 2.66. The van der Waals surface area contributed by atoms with Crippen LogP contribution in [0.3, 0.4) is 0 Å². The number of rotatable bonds is 1. The summed E-state index contributed by atoms with van der Waals surface area (Å²) in [4.78, 5) is 0. The summed E-state index contributed by atoms with van der Waals surface area (Å²) in [7, 11) is 1.98. The third kappa shape index (κ3) is 2.02. The van der Waals surface area contributed by atoms with Gasteiger partial charge in [-0.15, -0.1) is 12.4 Å². The molecule has 0 saturated carbocycles. The van der Waals surface area contributed by atoms with Gasteiger partial charge in [-0.2, -0.15) is 0 Å². The molecule has 0 fully saturated rings. The molecule has 78 valence electrons. The molecular formula is C11H16ClNO. The zero-order valence-electron chi connectivity index (χ0n) is 8.49. The molecule has 1 aromatic carbocycles. The van der Waals surface area contributed by atoms with Crippen LogP contribution in [0.2, 0.25) is 0 Å². The van der Waals surface area contributed by atoms with Gasteiger partial charge in [0, 0.05) is 6.04 Å². The van der Waals surface area contributed by atoms with Crippen molar-refractivity contribution in [2.45, 2.75) is 25.5 Å². The Labute approximate surface area is 91.1 Å². The van der Waals surface area contributed by atoms with Gasteiger partial charge in [-0.05, 0) is 32.0 Å². The number of fused-ring (bicyclic) bond motifs is 1. The summed E-state index contributed by atoms with van der Waals surface area (Å²) in [6, 6.07) is 8.69. The predicted molar refractivity (Wildman–Crippen MR) is 60.3 cm³/mol. The second-order valence-electron chi connectivity index (χ2n) is 3.53. The van der Waals surface area contributed by atoms with Crippen LogP contribution in [0.4, 0.5) is 0 Å². The quantitative estimate of drug-likeness (QED) is 0.771. The van der Waals surface area contributed by atoms with Gasteiger partial charge in [0.2, 0.25) is 0 Å². The Kier molecular flexibility index (Phi) is 3.78. The molecule has 0 amide bonds. The first kappa shape index (κ1) is 11.3. The van der Waals surface area contributed by atoms with Crippen molar-refractivity contribution in [1.82, 2.24) is 5.32 Å².